The first-order valence-corrected chi connectivity index (χ1v) is 8.93. The van der Waals surface area contributed by atoms with E-state index in [0.29, 0.717) is 10.8 Å². The number of aromatic amines is 2. The van der Waals surface area contributed by atoms with Crippen LogP contribution >= 0.6 is 23.2 Å². The molecule has 0 saturated carbocycles. The number of nitrogens with zero attached hydrogens (tertiary/aromatic N) is 4. The van der Waals surface area contributed by atoms with Gasteiger partial charge in [0.15, 0.2) is 5.75 Å². The van der Waals surface area contributed by atoms with Gasteiger partial charge < -0.3 is 6.16 Å². The molecule has 2 aromatic heterocycles. The van der Waals surface area contributed by atoms with Crippen LogP contribution < -0.4 is 72.9 Å². The standard InChI is InChI=1S/C18H8Cl2N6O4.K.H/c19-11-5-8(26-18(29)22-16(28)13(7-21)25-26)6-12(20)14(11)30-17-10-4-2-1-3-9(10)15(27)23-24-17;;/h1-6H,(H,23,27)(H,22,28,29);;/q;+1;-1. The molecule has 0 atom stereocenters. The number of ether oxygens (including phenoxy) is 1. The second kappa shape index (κ2) is 9.45. The quantitative estimate of drug-likeness (QED) is 0.365. The number of nitrogens with one attached hydrogen (secondary N) is 2. The van der Waals surface area contributed by atoms with Crippen molar-refractivity contribution in [1.82, 2.24) is 25.0 Å². The predicted octanol–water partition coefficient (Wildman–Crippen LogP) is -0.755. The molecule has 31 heavy (non-hydrogen) atoms. The predicted molar refractivity (Wildman–Crippen MR) is 109 cm³/mol. The van der Waals surface area contributed by atoms with Gasteiger partial charge in [-0.15, -0.1) is 10.2 Å². The second-order valence-electron chi connectivity index (χ2n) is 5.88. The van der Waals surface area contributed by atoms with Gasteiger partial charge in [-0.25, -0.2) is 9.89 Å². The zero-order chi connectivity index (χ0) is 21.4. The smallest absolute Gasteiger partial charge is 1.00 e. The van der Waals surface area contributed by atoms with Crippen molar-refractivity contribution < 1.29 is 57.5 Å². The maximum Gasteiger partial charge on any atom is 1.00 e. The van der Waals surface area contributed by atoms with Crippen LogP contribution in [0.4, 0.5) is 0 Å². The minimum absolute atomic E-state index is 0. The molecule has 150 valence electrons. The number of rotatable bonds is 3. The third-order valence-corrected chi connectivity index (χ3v) is 4.58. The van der Waals surface area contributed by atoms with Crippen molar-refractivity contribution in [2.45, 2.75) is 0 Å². The first-order valence-electron chi connectivity index (χ1n) is 8.17. The topological polar surface area (TPSA) is 147 Å². The van der Waals surface area contributed by atoms with E-state index in [9.17, 15) is 14.4 Å². The summed E-state index contributed by atoms with van der Waals surface area (Å²) in [6.45, 7) is 0. The zero-order valence-electron chi connectivity index (χ0n) is 16.6. The summed E-state index contributed by atoms with van der Waals surface area (Å²) in [6.07, 6.45) is 0. The molecule has 2 aromatic carbocycles. The Bertz CT molecular complexity index is 1520. The van der Waals surface area contributed by atoms with Crippen LogP contribution in [-0.4, -0.2) is 25.0 Å². The summed E-state index contributed by atoms with van der Waals surface area (Å²) in [5.74, 6) is 0.0811. The largest absolute Gasteiger partial charge is 1.00 e. The number of hydrogen-bond acceptors (Lipinski definition) is 7. The fraction of sp³-hybridized carbons (Fsp3) is 0. The van der Waals surface area contributed by atoms with Crippen LogP contribution in [0.1, 0.15) is 7.12 Å². The number of H-pyrrole nitrogens is 2. The van der Waals surface area contributed by atoms with E-state index in [-0.39, 0.29) is 85.7 Å². The van der Waals surface area contributed by atoms with E-state index in [1.807, 2.05) is 4.98 Å². The van der Waals surface area contributed by atoms with Crippen molar-refractivity contribution in [1.29, 1.82) is 5.26 Å². The molecule has 0 spiro atoms. The maximum absolute atomic E-state index is 12.1. The fourth-order valence-electron chi connectivity index (χ4n) is 2.68. The van der Waals surface area contributed by atoms with Crippen LogP contribution in [0, 0.1) is 11.3 Å². The number of hydrogen-bond donors (Lipinski definition) is 2. The van der Waals surface area contributed by atoms with Gasteiger partial charge >= 0.3 is 57.1 Å². The average Bonchev–Trinajstić information content (AvgIpc) is 2.72. The third kappa shape index (κ3) is 4.51. The van der Waals surface area contributed by atoms with Gasteiger partial charge in [-0.2, -0.15) is 9.94 Å². The summed E-state index contributed by atoms with van der Waals surface area (Å²) in [5.41, 5.74) is -2.59. The Morgan fingerprint density at radius 2 is 1.71 bits per heavy atom. The molecule has 10 nitrogen and oxygen atoms in total. The SMILES string of the molecule is N#Cc1nn(-c2cc(Cl)c(Oc3n[nH]c(=O)c4ccccc34)c(Cl)c2)c(=O)[nH]c1=O.[H-].[K+]. The van der Waals surface area contributed by atoms with Gasteiger partial charge in [0.05, 0.1) is 26.5 Å². The number of nitriles is 1. The van der Waals surface area contributed by atoms with Gasteiger partial charge in [0.1, 0.15) is 6.07 Å². The molecule has 4 rings (SSSR count). The van der Waals surface area contributed by atoms with E-state index in [4.69, 9.17) is 33.2 Å². The summed E-state index contributed by atoms with van der Waals surface area (Å²) >= 11 is 12.6. The molecule has 2 N–H and O–H groups in total. The second-order valence-corrected chi connectivity index (χ2v) is 6.69. The molecule has 2 heterocycles. The molecule has 13 heteroatoms. The van der Waals surface area contributed by atoms with Gasteiger partial charge in [0.2, 0.25) is 11.6 Å². The third-order valence-electron chi connectivity index (χ3n) is 4.02. The van der Waals surface area contributed by atoms with Crippen molar-refractivity contribution in [2.75, 3.05) is 0 Å². The molecule has 0 unspecified atom stereocenters. The summed E-state index contributed by atoms with van der Waals surface area (Å²) in [6, 6.07) is 10.9. The van der Waals surface area contributed by atoms with Crippen molar-refractivity contribution in [3.63, 3.8) is 0 Å². The van der Waals surface area contributed by atoms with Crippen LogP contribution in [0.5, 0.6) is 11.6 Å². The Hall–Kier alpha value is -2.30. The minimum Gasteiger partial charge on any atom is -1.00 e. The molecule has 0 radical (unpaired) electrons. The van der Waals surface area contributed by atoms with E-state index in [1.54, 1.807) is 30.3 Å². The Morgan fingerprint density at radius 3 is 2.35 bits per heavy atom. The molecular formula is C18H9Cl2KN6O4. The van der Waals surface area contributed by atoms with Gasteiger partial charge in [-0.1, -0.05) is 35.3 Å². The minimum atomic E-state index is -0.910. The Balaban J connectivity index is 0.00000181. The summed E-state index contributed by atoms with van der Waals surface area (Å²) in [5, 5.41) is 19.7. The Morgan fingerprint density at radius 1 is 1.06 bits per heavy atom. The molecule has 4 aromatic rings. The summed E-state index contributed by atoms with van der Waals surface area (Å²) in [7, 11) is 0. The van der Waals surface area contributed by atoms with Crippen LogP contribution in [0.2, 0.25) is 10.0 Å². The zero-order valence-corrected chi connectivity index (χ0v) is 20.3. The molecule has 0 aliphatic carbocycles. The Kier molecular flexibility index (Phi) is 7.12. The van der Waals surface area contributed by atoms with Crippen molar-refractivity contribution in [3.05, 3.63) is 83.3 Å². The van der Waals surface area contributed by atoms with Crippen LogP contribution in [0.25, 0.3) is 16.5 Å². The average molecular weight is 483 g/mol. The first-order chi connectivity index (χ1) is 14.4. The molecule has 0 aliphatic heterocycles. The van der Waals surface area contributed by atoms with Crippen molar-refractivity contribution >= 4 is 34.0 Å². The maximum atomic E-state index is 12.1. The van der Waals surface area contributed by atoms with Gasteiger partial charge in [0, 0.05) is 0 Å². The summed E-state index contributed by atoms with van der Waals surface area (Å²) in [4.78, 5) is 37.5. The van der Waals surface area contributed by atoms with Crippen molar-refractivity contribution in [3.8, 4) is 23.4 Å². The van der Waals surface area contributed by atoms with Gasteiger partial charge in [-0.05, 0) is 24.3 Å². The normalized spacial score (nSPS) is 10.4. The van der Waals surface area contributed by atoms with Crippen LogP contribution in [-0.2, 0) is 0 Å². The number of benzene rings is 2. The van der Waals surface area contributed by atoms with Gasteiger partial charge in [0.25, 0.3) is 11.1 Å². The van der Waals surface area contributed by atoms with E-state index >= 15 is 0 Å². The Labute approximate surface area is 226 Å². The van der Waals surface area contributed by atoms with E-state index in [1.165, 1.54) is 12.1 Å². The van der Waals surface area contributed by atoms with E-state index in [0.717, 1.165) is 4.68 Å². The molecular weight excluding hydrogens is 474 g/mol. The molecule has 0 aliphatic rings. The van der Waals surface area contributed by atoms with Crippen molar-refractivity contribution in [2.24, 2.45) is 0 Å². The number of fused-ring (bicyclic) bond motifs is 1. The number of aromatic nitrogens is 5. The van der Waals surface area contributed by atoms with Gasteiger partial charge in [-0.3, -0.25) is 14.6 Å². The van der Waals surface area contributed by atoms with E-state index < -0.39 is 16.9 Å². The molecule has 0 saturated heterocycles. The molecule has 0 fully saturated rings. The van der Waals surface area contributed by atoms with Crippen LogP contribution in [0.3, 0.4) is 0 Å². The fourth-order valence-corrected chi connectivity index (χ4v) is 3.23. The molecule has 0 amide bonds. The molecule has 0 bridgehead atoms. The summed E-state index contributed by atoms with van der Waals surface area (Å²) < 4.78 is 6.50. The number of halogens is 2. The first kappa shape index (κ1) is 23.4. The van der Waals surface area contributed by atoms with E-state index in [2.05, 4.69) is 15.3 Å². The van der Waals surface area contributed by atoms with Crippen LogP contribution in [0.15, 0.2) is 50.8 Å². The monoisotopic (exact) mass is 482 g/mol.